The Morgan fingerprint density at radius 2 is 2.00 bits per heavy atom. The van der Waals surface area contributed by atoms with Gasteiger partial charge in [0.2, 0.25) is 0 Å². The molecule has 0 aliphatic rings. The van der Waals surface area contributed by atoms with Gasteiger partial charge < -0.3 is 10.6 Å². The third-order valence-corrected chi connectivity index (χ3v) is 2.79. The predicted octanol–water partition coefficient (Wildman–Crippen LogP) is 2.55. The van der Waals surface area contributed by atoms with Gasteiger partial charge in [-0.1, -0.05) is 35.8 Å². The summed E-state index contributed by atoms with van der Waals surface area (Å²) in [5, 5.41) is 5.13. The van der Waals surface area contributed by atoms with Crippen molar-refractivity contribution >= 4 is 33.4 Å². The lowest BCUT2D eigenvalue weighted by Gasteiger charge is -2.08. The van der Waals surface area contributed by atoms with Crippen molar-refractivity contribution in [1.82, 2.24) is 5.32 Å². The molecule has 0 aliphatic carbocycles. The topological polar surface area (TPSA) is 58.2 Å². The summed E-state index contributed by atoms with van der Waals surface area (Å²) >= 11 is 3.30. The smallest absolute Gasteiger partial charge is 0.313 e. The van der Waals surface area contributed by atoms with Crippen LogP contribution in [-0.4, -0.2) is 18.4 Å². The first-order chi connectivity index (χ1) is 8.49. The van der Waals surface area contributed by atoms with Crippen LogP contribution in [-0.2, 0) is 9.59 Å². The summed E-state index contributed by atoms with van der Waals surface area (Å²) in [7, 11) is 0. The summed E-state index contributed by atoms with van der Waals surface area (Å²) in [4.78, 5) is 23.0. The van der Waals surface area contributed by atoms with Crippen LogP contribution in [0.15, 0.2) is 28.7 Å². The van der Waals surface area contributed by atoms with Crippen molar-refractivity contribution in [3.8, 4) is 0 Å². The molecule has 0 spiro atoms. The molecule has 0 aromatic heterocycles. The zero-order valence-electron chi connectivity index (χ0n) is 10.5. The molecule has 0 fully saturated rings. The second-order valence-corrected chi connectivity index (χ2v) is 5.32. The molecule has 0 saturated heterocycles. The highest BCUT2D eigenvalue weighted by Crippen LogP contribution is 2.15. The molecule has 0 unspecified atom stereocenters. The molecule has 1 rings (SSSR count). The maximum absolute atomic E-state index is 11.6. The first-order valence-electron chi connectivity index (χ1n) is 5.84. The number of benzene rings is 1. The van der Waals surface area contributed by atoms with Crippen LogP contribution in [0.2, 0.25) is 0 Å². The molecule has 1 aromatic rings. The Morgan fingerprint density at radius 3 is 2.61 bits per heavy atom. The largest absolute Gasteiger partial charge is 0.348 e. The third kappa shape index (κ3) is 5.31. The van der Waals surface area contributed by atoms with Crippen LogP contribution >= 0.6 is 15.9 Å². The van der Waals surface area contributed by atoms with Crippen LogP contribution < -0.4 is 10.6 Å². The molecule has 0 bridgehead atoms. The number of nitrogens with one attached hydrogen (secondary N) is 2. The van der Waals surface area contributed by atoms with Gasteiger partial charge in [0, 0.05) is 16.7 Å². The Hall–Kier alpha value is -1.36. The van der Waals surface area contributed by atoms with E-state index in [-0.39, 0.29) is 0 Å². The van der Waals surface area contributed by atoms with E-state index in [4.69, 9.17) is 0 Å². The molecule has 0 saturated carbocycles. The summed E-state index contributed by atoms with van der Waals surface area (Å²) in [5.41, 5.74) is 0.591. The Kier molecular flexibility index (Phi) is 5.85. The molecular formula is C13H17BrN2O2. The average Bonchev–Trinajstić information content (AvgIpc) is 2.28. The molecule has 0 radical (unpaired) electrons. The second kappa shape index (κ2) is 7.16. The van der Waals surface area contributed by atoms with E-state index < -0.39 is 11.8 Å². The lowest BCUT2D eigenvalue weighted by atomic mass is 10.1. The number of carbonyl (C=O) groups is 2. The number of rotatable bonds is 4. The lowest BCUT2D eigenvalue weighted by molar-refractivity contribution is -0.136. The van der Waals surface area contributed by atoms with Crippen molar-refractivity contribution in [1.29, 1.82) is 0 Å². The zero-order chi connectivity index (χ0) is 13.5. The fraction of sp³-hybridized carbons (Fsp3) is 0.385. The summed E-state index contributed by atoms with van der Waals surface area (Å²) in [6, 6.07) is 7.10. The van der Waals surface area contributed by atoms with Gasteiger partial charge in [-0.05, 0) is 30.5 Å². The number of hydrogen-bond donors (Lipinski definition) is 2. The molecule has 1 aromatic carbocycles. The highest BCUT2D eigenvalue weighted by atomic mass is 79.9. The van der Waals surface area contributed by atoms with Crippen molar-refractivity contribution in [3.05, 3.63) is 28.7 Å². The molecule has 0 heterocycles. The average molecular weight is 313 g/mol. The molecule has 5 heteroatoms. The summed E-state index contributed by atoms with van der Waals surface area (Å²) < 4.78 is 0.848. The summed E-state index contributed by atoms with van der Waals surface area (Å²) in [5.74, 6) is -0.745. The molecule has 4 nitrogen and oxygen atoms in total. The molecule has 2 amide bonds. The van der Waals surface area contributed by atoms with Gasteiger partial charge in [-0.15, -0.1) is 0 Å². The van der Waals surface area contributed by atoms with E-state index in [0.29, 0.717) is 18.2 Å². The maximum atomic E-state index is 11.6. The number of anilines is 1. The van der Waals surface area contributed by atoms with Gasteiger partial charge in [-0.2, -0.15) is 0 Å². The van der Waals surface area contributed by atoms with Crippen LogP contribution in [0.1, 0.15) is 20.3 Å². The number of carbonyl (C=O) groups excluding carboxylic acids is 2. The van der Waals surface area contributed by atoms with Crippen molar-refractivity contribution in [2.24, 2.45) is 5.92 Å². The lowest BCUT2D eigenvalue weighted by Crippen LogP contribution is -2.36. The fourth-order valence-corrected chi connectivity index (χ4v) is 1.71. The maximum Gasteiger partial charge on any atom is 0.313 e. The van der Waals surface area contributed by atoms with Gasteiger partial charge in [0.15, 0.2) is 0 Å². The van der Waals surface area contributed by atoms with Crippen molar-refractivity contribution in [2.45, 2.75) is 20.3 Å². The first-order valence-corrected chi connectivity index (χ1v) is 6.63. The van der Waals surface area contributed by atoms with E-state index in [2.05, 4.69) is 40.4 Å². The van der Waals surface area contributed by atoms with Crippen molar-refractivity contribution in [3.63, 3.8) is 0 Å². The molecule has 98 valence electrons. The van der Waals surface area contributed by atoms with E-state index in [0.717, 1.165) is 10.9 Å². The van der Waals surface area contributed by atoms with Crippen LogP contribution in [0.3, 0.4) is 0 Å². The minimum Gasteiger partial charge on any atom is -0.348 e. The number of hydrogen-bond acceptors (Lipinski definition) is 2. The van der Waals surface area contributed by atoms with Crippen molar-refractivity contribution in [2.75, 3.05) is 11.9 Å². The van der Waals surface area contributed by atoms with Crippen LogP contribution in [0.25, 0.3) is 0 Å². The minimum absolute atomic E-state index is 0.499. The molecular weight excluding hydrogens is 296 g/mol. The van der Waals surface area contributed by atoms with Crippen LogP contribution in [0.4, 0.5) is 5.69 Å². The minimum atomic E-state index is -0.642. The zero-order valence-corrected chi connectivity index (χ0v) is 12.1. The van der Waals surface area contributed by atoms with Gasteiger partial charge in [-0.25, -0.2) is 0 Å². The SMILES string of the molecule is CC(C)CCNC(=O)C(=O)Nc1cccc(Br)c1. The first kappa shape index (κ1) is 14.7. The van der Waals surface area contributed by atoms with Crippen molar-refractivity contribution < 1.29 is 9.59 Å². The third-order valence-electron chi connectivity index (χ3n) is 2.30. The second-order valence-electron chi connectivity index (χ2n) is 4.40. The molecule has 18 heavy (non-hydrogen) atoms. The van der Waals surface area contributed by atoms with E-state index >= 15 is 0 Å². The van der Waals surface area contributed by atoms with E-state index in [9.17, 15) is 9.59 Å². The highest BCUT2D eigenvalue weighted by molar-refractivity contribution is 9.10. The quantitative estimate of drug-likeness (QED) is 0.839. The standard InChI is InChI=1S/C13H17BrN2O2/c1-9(2)6-7-15-12(17)13(18)16-11-5-3-4-10(14)8-11/h3-5,8-9H,6-7H2,1-2H3,(H,15,17)(H,16,18). The van der Waals surface area contributed by atoms with Gasteiger partial charge >= 0.3 is 11.8 Å². The summed E-state index contributed by atoms with van der Waals surface area (Å²) in [6.45, 7) is 4.64. The van der Waals surface area contributed by atoms with Gasteiger partial charge in [0.1, 0.15) is 0 Å². The molecule has 0 aliphatic heterocycles. The Balaban J connectivity index is 2.43. The Morgan fingerprint density at radius 1 is 1.28 bits per heavy atom. The highest BCUT2D eigenvalue weighted by Gasteiger charge is 2.13. The van der Waals surface area contributed by atoms with Crippen LogP contribution in [0.5, 0.6) is 0 Å². The number of amides is 2. The van der Waals surface area contributed by atoms with Gasteiger partial charge in [-0.3, -0.25) is 9.59 Å². The van der Waals surface area contributed by atoms with E-state index in [1.165, 1.54) is 0 Å². The normalized spacial score (nSPS) is 10.2. The molecule has 2 N–H and O–H groups in total. The number of halogens is 1. The van der Waals surface area contributed by atoms with Gasteiger partial charge in [0.25, 0.3) is 0 Å². The summed E-state index contributed by atoms with van der Waals surface area (Å²) in [6.07, 6.45) is 0.857. The Labute approximate surface area is 115 Å². The fourth-order valence-electron chi connectivity index (χ4n) is 1.31. The van der Waals surface area contributed by atoms with Crippen LogP contribution in [0, 0.1) is 5.92 Å². The monoisotopic (exact) mass is 312 g/mol. The van der Waals surface area contributed by atoms with E-state index in [1.807, 2.05) is 6.07 Å². The Bertz CT molecular complexity index is 433. The van der Waals surface area contributed by atoms with Gasteiger partial charge in [0.05, 0.1) is 0 Å². The molecule has 0 atom stereocenters. The van der Waals surface area contributed by atoms with E-state index in [1.54, 1.807) is 18.2 Å². The predicted molar refractivity (Wildman–Crippen MR) is 75.2 cm³/mol.